The number of benzene rings is 1. The monoisotopic (exact) mass is 343 g/mol. The van der Waals surface area contributed by atoms with Crippen molar-refractivity contribution in [3.8, 4) is 0 Å². The van der Waals surface area contributed by atoms with Crippen LogP contribution < -0.4 is 10.2 Å². The Morgan fingerprint density at radius 1 is 1.08 bits per heavy atom. The first-order valence-corrected chi connectivity index (χ1v) is 8.49. The van der Waals surface area contributed by atoms with E-state index >= 15 is 0 Å². The minimum absolute atomic E-state index is 0.169. The van der Waals surface area contributed by atoms with Crippen molar-refractivity contribution in [2.75, 3.05) is 42.9 Å². The van der Waals surface area contributed by atoms with E-state index in [0.717, 1.165) is 44.1 Å². The first-order chi connectivity index (χ1) is 12.1. The molecule has 0 spiro atoms. The first kappa shape index (κ1) is 17.3. The average Bonchev–Trinajstić information content (AvgIpc) is 2.64. The molecule has 0 saturated carbocycles. The molecule has 132 valence electrons. The molecule has 25 heavy (non-hydrogen) atoms. The molecule has 3 rings (SSSR count). The maximum absolute atomic E-state index is 12.9. The van der Waals surface area contributed by atoms with Gasteiger partial charge in [0.05, 0.1) is 6.42 Å². The Morgan fingerprint density at radius 3 is 2.40 bits per heavy atom. The molecule has 1 aromatic heterocycles. The summed E-state index contributed by atoms with van der Waals surface area (Å²) in [5, 5.41) is 11.0. The first-order valence-electron chi connectivity index (χ1n) is 8.49. The fraction of sp³-hybridized carbons (Fsp3) is 0.389. The van der Waals surface area contributed by atoms with Gasteiger partial charge >= 0.3 is 0 Å². The summed E-state index contributed by atoms with van der Waals surface area (Å²) in [6.45, 7) is 7.14. The van der Waals surface area contributed by atoms with E-state index in [0.29, 0.717) is 5.82 Å². The predicted molar refractivity (Wildman–Crippen MR) is 95.1 cm³/mol. The van der Waals surface area contributed by atoms with Crippen LogP contribution in [-0.2, 0) is 11.2 Å². The maximum Gasteiger partial charge on any atom is 0.229 e. The fourth-order valence-electron chi connectivity index (χ4n) is 2.83. The van der Waals surface area contributed by atoms with Crippen LogP contribution in [0.2, 0.25) is 0 Å². The minimum atomic E-state index is -0.314. The third kappa shape index (κ3) is 4.73. The molecule has 0 radical (unpaired) electrons. The van der Waals surface area contributed by atoms with Crippen LogP contribution in [0.3, 0.4) is 0 Å². The Hall–Kier alpha value is -2.54. The van der Waals surface area contributed by atoms with E-state index in [4.69, 9.17) is 0 Å². The number of piperazine rings is 1. The molecule has 2 heterocycles. The van der Waals surface area contributed by atoms with Gasteiger partial charge in [-0.1, -0.05) is 19.1 Å². The van der Waals surface area contributed by atoms with Crippen LogP contribution in [0, 0.1) is 5.82 Å². The fourth-order valence-corrected chi connectivity index (χ4v) is 2.83. The lowest BCUT2D eigenvalue weighted by molar-refractivity contribution is -0.115. The van der Waals surface area contributed by atoms with Crippen LogP contribution in [0.4, 0.5) is 16.0 Å². The smallest absolute Gasteiger partial charge is 0.229 e. The molecule has 1 aromatic carbocycles. The van der Waals surface area contributed by atoms with E-state index < -0.39 is 0 Å². The van der Waals surface area contributed by atoms with E-state index in [1.165, 1.54) is 12.1 Å². The van der Waals surface area contributed by atoms with Crippen molar-refractivity contribution in [2.24, 2.45) is 0 Å². The van der Waals surface area contributed by atoms with Gasteiger partial charge in [-0.15, -0.1) is 10.2 Å². The number of amides is 1. The van der Waals surface area contributed by atoms with Gasteiger partial charge in [-0.3, -0.25) is 4.79 Å². The van der Waals surface area contributed by atoms with Gasteiger partial charge in [-0.2, -0.15) is 0 Å². The van der Waals surface area contributed by atoms with Gasteiger partial charge in [-0.05, 0) is 36.4 Å². The second kappa shape index (κ2) is 8.02. The minimum Gasteiger partial charge on any atom is -0.353 e. The number of hydrogen-bond donors (Lipinski definition) is 1. The summed E-state index contributed by atoms with van der Waals surface area (Å²) in [6, 6.07) is 9.52. The largest absolute Gasteiger partial charge is 0.353 e. The molecular weight excluding hydrogens is 321 g/mol. The number of hydrogen-bond acceptors (Lipinski definition) is 5. The Morgan fingerprint density at radius 2 is 1.80 bits per heavy atom. The van der Waals surface area contributed by atoms with Crippen LogP contribution in [-0.4, -0.2) is 53.7 Å². The highest BCUT2D eigenvalue weighted by atomic mass is 19.1. The highest BCUT2D eigenvalue weighted by Gasteiger charge is 2.17. The number of carbonyl (C=O) groups excluding carboxylic acids is 1. The zero-order valence-corrected chi connectivity index (χ0v) is 14.3. The topological polar surface area (TPSA) is 61.4 Å². The van der Waals surface area contributed by atoms with E-state index in [2.05, 4.69) is 32.2 Å². The van der Waals surface area contributed by atoms with Gasteiger partial charge in [-0.25, -0.2) is 4.39 Å². The van der Waals surface area contributed by atoms with E-state index in [1.807, 2.05) is 6.07 Å². The molecule has 1 aliphatic rings. The number of carbonyl (C=O) groups is 1. The molecule has 1 N–H and O–H groups in total. The molecule has 1 fully saturated rings. The summed E-state index contributed by atoms with van der Waals surface area (Å²) < 4.78 is 12.9. The summed E-state index contributed by atoms with van der Waals surface area (Å²) in [5.41, 5.74) is 0.747. The molecule has 1 aliphatic heterocycles. The molecule has 0 bridgehead atoms. The molecule has 0 aliphatic carbocycles. The quantitative estimate of drug-likeness (QED) is 0.899. The predicted octanol–water partition coefficient (Wildman–Crippen LogP) is 1.94. The summed E-state index contributed by atoms with van der Waals surface area (Å²) >= 11 is 0. The lowest BCUT2D eigenvalue weighted by atomic mass is 10.1. The van der Waals surface area contributed by atoms with Gasteiger partial charge in [0.15, 0.2) is 11.6 Å². The van der Waals surface area contributed by atoms with Gasteiger partial charge in [0.25, 0.3) is 0 Å². The summed E-state index contributed by atoms with van der Waals surface area (Å²) in [5.74, 6) is 0.728. The molecule has 0 atom stereocenters. The summed E-state index contributed by atoms with van der Waals surface area (Å²) in [7, 11) is 0. The molecule has 1 amide bonds. The van der Waals surface area contributed by atoms with Crippen molar-refractivity contribution < 1.29 is 9.18 Å². The van der Waals surface area contributed by atoms with Crippen LogP contribution in [0.25, 0.3) is 0 Å². The van der Waals surface area contributed by atoms with E-state index in [9.17, 15) is 9.18 Å². The van der Waals surface area contributed by atoms with Crippen LogP contribution in [0.15, 0.2) is 36.4 Å². The molecule has 6 nitrogen and oxygen atoms in total. The molecule has 2 aromatic rings. The Bertz CT molecular complexity index is 696. The number of likely N-dealkylation sites (N-methyl/N-ethyl adjacent to an activating group) is 1. The van der Waals surface area contributed by atoms with Crippen molar-refractivity contribution in [2.45, 2.75) is 13.3 Å². The molecule has 1 saturated heterocycles. The number of nitrogens with zero attached hydrogens (tertiary/aromatic N) is 4. The third-order valence-corrected chi connectivity index (χ3v) is 4.34. The number of nitrogens with one attached hydrogen (secondary N) is 1. The van der Waals surface area contributed by atoms with Crippen LogP contribution >= 0.6 is 0 Å². The number of halogens is 1. The molecular formula is C18H22FN5O. The highest BCUT2D eigenvalue weighted by molar-refractivity contribution is 5.91. The van der Waals surface area contributed by atoms with Crippen molar-refractivity contribution in [3.63, 3.8) is 0 Å². The second-order valence-corrected chi connectivity index (χ2v) is 6.05. The summed E-state index contributed by atoms with van der Waals surface area (Å²) in [4.78, 5) is 16.6. The Labute approximate surface area is 146 Å². The number of rotatable bonds is 5. The van der Waals surface area contributed by atoms with Gasteiger partial charge in [0.1, 0.15) is 5.82 Å². The normalized spacial score (nSPS) is 15.2. The van der Waals surface area contributed by atoms with Gasteiger partial charge in [0.2, 0.25) is 5.91 Å². The standard InChI is InChI=1S/C18H22FN5O/c1-2-23-9-11-24(12-10-23)17-8-7-16(21-22-17)20-18(25)13-14-3-5-15(19)6-4-14/h3-8H,2,9-13H2,1H3,(H,20,21,25). The van der Waals surface area contributed by atoms with Crippen molar-refractivity contribution >= 4 is 17.5 Å². The van der Waals surface area contributed by atoms with E-state index in [-0.39, 0.29) is 18.1 Å². The van der Waals surface area contributed by atoms with Gasteiger partial charge < -0.3 is 15.1 Å². The second-order valence-electron chi connectivity index (χ2n) is 6.05. The third-order valence-electron chi connectivity index (χ3n) is 4.34. The highest BCUT2D eigenvalue weighted by Crippen LogP contribution is 2.14. The maximum atomic E-state index is 12.9. The zero-order valence-electron chi connectivity index (χ0n) is 14.3. The van der Waals surface area contributed by atoms with Crippen molar-refractivity contribution in [1.29, 1.82) is 0 Å². The number of anilines is 2. The van der Waals surface area contributed by atoms with E-state index in [1.54, 1.807) is 18.2 Å². The van der Waals surface area contributed by atoms with Crippen molar-refractivity contribution in [1.82, 2.24) is 15.1 Å². The zero-order chi connectivity index (χ0) is 17.6. The van der Waals surface area contributed by atoms with Crippen LogP contribution in [0.5, 0.6) is 0 Å². The molecule has 7 heteroatoms. The lowest BCUT2D eigenvalue weighted by Crippen LogP contribution is -2.46. The number of aromatic nitrogens is 2. The SMILES string of the molecule is CCN1CCN(c2ccc(NC(=O)Cc3ccc(F)cc3)nn2)CC1. The average molecular weight is 343 g/mol. The van der Waals surface area contributed by atoms with Gasteiger partial charge in [0, 0.05) is 26.2 Å². The molecule has 0 unspecified atom stereocenters. The lowest BCUT2D eigenvalue weighted by Gasteiger charge is -2.34. The summed E-state index contributed by atoms with van der Waals surface area (Å²) in [6.07, 6.45) is 0.169. The Kier molecular flexibility index (Phi) is 5.55. The van der Waals surface area contributed by atoms with Crippen LogP contribution in [0.1, 0.15) is 12.5 Å². The Balaban J connectivity index is 1.53. The van der Waals surface area contributed by atoms with Crippen molar-refractivity contribution in [3.05, 3.63) is 47.8 Å².